The predicted octanol–water partition coefficient (Wildman–Crippen LogP) is 8.48. The van der Waals surface area contributed by atoms with Gasteiger partial charge in [0.1, 0.15) is 12.4 Å². The van der Waals surface area contributed by atoms with E-state index in [4.69, 9.17) is 14.2 Å². The lowest BCUT2D eigenvalue weighted by Crippen LogP contribution is -2.34. The van der Waals surface area contributed by atoms with E-state index in [1.807, 2.05) is 0 Å². The van der Waals surface area contributed by atoms with Crippen LogP contribution in [0.2, 0.25) is 0 Å². The number of carbonyl (C=O) groups is 1. The first-order chi connectivity index (χ1) is 23.6. The Kier molecular flexibility index (Phi) is 10.1. The van der Waals surface area contributed by atoms with Crippen LogP contribution in [0, 0.1) is 11.7 Å². The van der Waals surface area contributed by atoms with Gasteiger partial charge in [0, 0.05) is 48.3 Å². The van der Waals surface area contributed by atoms with E-state index < -0.39 is 23.6 Å². The van der Waals surface area contributed by atoms with Crippen LogP contribution in [0.3, 0.4) is 0 Å². The van der Waals surface area contributed by atoms with Crippen LogP contribution in [0.5, 0.6) is 23.0 Å². The maximum atomic E-state index is 15.3. The number of nitrogens with zero attached hydrogens (tertiary/aromatic N) is 4. The molecule has 3 heterocycles. The largest absolute Gasteiger partial charge is 0.493 e. The van der Waals surface area contributed by atoms with Crippen LogP contribution in [0.1, 0.15) is 31.7 Å². The van der Waals surface area contributed by atoms with Gasteiger partial charge in [0.15, 0.2) is 23.1 Å². The first kappa shape index (κ1) is 33.8. The lowest BCUT2D eigenvalue weighted by atomic mass is 9.99. The molecule has 0 spiro atoms. The summed E-state index contributed by atoms with van der Waals surface area (Å²) in [4.78, 5) is 22.3. The van der Waals surface area contributed by atoms with Crippen LogP contribution < -0.4 is 24.4 Å². The summed E-state index contributed by atoms with van der Waals surface area (Å²) in [6.45, 7) is 5.87. The minimum absolute atomic E-state index is 0.0860. The molecule has 4 aromatic rings. The number of ether oxygens (including phenoxy) is 3. The van der Waals surface area contributed by atoms with Crippen molar-refractivity contribution in [3.63, 3.8) is 0 Å². The van der Waals surface area contributed by atoms with Gasteiger partial charge in [-0.05, 0) is 74.7 Å². The molecule has 1 fully saturated rings. The number of anilines is 2. The molecule has 1 saturated heterocycles. The van der Waals surface area contributed by atoms with E-state index in [0.29, 0.717) is 34.8 Å². The molecule has 2 aliphatic heterocycles. The molecule has 258 valence electrons. The Labute approximate surface area is 281 Å². The maximum absolute atomic E-state index is 15.3. The molecule has 0 unspecified atom stereocenters. The third-order valence-electron chi connectivity index (χ3n) is 8.65. The van der Waals surface area contributed by atoms with Gasteiger partial charge in [-0.2, -0.15) is 13.2 Å². The molecule has 49 heavy (non-hydrogen) atoms. The Morgan fingerprint density at radius 2 is 1.78 bits per heavy atom. The average Bonchev–Trinajstić information content (AvgIpc) is 3.59. The van der Waals surface area contributed by atoms with Gasteiger partial charge in [0.05, 0.1) is 30.5 Å². The van der Waals surface area contributed by atoms with Gasteiger partial charge in [-0.1, -0.05) is 19.1 Å². The van der Waals surface area contributed by atoms with E-state index >= 15 is 4.39 Å². The van der Waals surface area contributed by atoms with E-state index in [1.54, 1.807) is 31.5 Å². The zero-order valence-electron chi connectivity index (χ0n) is 27.2. The summed E-state index contributed by atoms with van der Waals surface area (Å²) in [5.41, 5.74) is -0.192. The highest BCUT2D eigenvalue weighted by Gasteiger charge is 2.35. The Balaban J connectivity index is 1.08. The van der Waals surface area contributed by atoms with Crippen molar-refractivity contribution in [1.82, 2.24) is 14.8 Å². The number of likely N-dealkylation sites (tertiary alicyclic amines) is 1. The van der Waals surface area contributed by atoms with E-state index in [0.717, 1.165) is 44.1 Å². The number of alkyl halides is 3. The Hall–Kier alpha value is -5.04. The number of hydrogen-bond acceptors (Lipinski definition) is 7. The topological polar surface area (TPSA) is 79.4 Å². The number of urea groups is 1. The molecule has 0 saturated carbocycles. The minimum atomic E-state index is -4.56. The number of methoxy groups -OCH3 is 1. The minimum Gasteiger partial charge on any atom is -0.493 e. The maximum Gasteiger partial charge on any atom is 0.418 e. The second-order valence-corrected chi connectivity index (χ2v) is 12.1. The van der Waals surface area contributed by atoms with Crippen molar-refractivity contribution in [1.29, 1.82) is 0 Å². The van der Waals surface area contributed by atoms with Gasteiger partial charge >= 0.3 is 12.2 Å². The number of pyridine rings is 1. The molecule has 6 rings (SSSR count). The van der Waals surface area contributed by atoms with Crippen LogP contribution in [0.15, 0.2) is 79.3 Å². The number of piperidine rings is 1. The summed E-state index contributed by atoms with van der Waals surface area (Å²) in [5.74, 6) is 1.34. The van der Waals surface area contributed by atoms with Gasteiger partial charge in [0.25, 0.3) is 0 Å². The van der Waals surface area contributed by atoms with Crippen LogP contribution in [-0.2, 0) is 6.18 Å². The summed E-state index contributed by atoms with van der Waals surface area (Å²) in [6.07, 6.45) is 3.06. The molecule has 9 nitrogen and oxygen atoms in total. The lowest BCUT2D eigenvalue weighted by molar-refractivity contribution is -0.137. The third-order valence-corrected chi connectivity index (χ3v) is 8.65. The number of nitrogens with one attached hydrogen (secondary N) is 1. The molecule has 2 aliphatic rings. The lowest BCUT2D eigenvalue weighted by Gasteiger charge is -2.30. The zero-order chi connectivity index (χ0) is 34.5. The van der Waals surface area contributed by atoms with Crippen molar-refractivity contribution in [3.8, 4) is 23.0 Å². The third kappa shape index (κ3) is 7.99. The van der Waals surface area contributed by atoms with E-state index in [2.05, 4.69) is 22.1 Å². The van der Waals surface area contributed by atoms with Gasteiger partial charge in [-0.25, -0.2) is 9.18 Å². The fraction of sp³-hybridized carbons (Fsp3) is 0.333. The quantitative estimate of drug-likeness (QED) is 0.133. The number of carbonyl (C=O) groups excluding carboxylic acids is 1. The number of fused-ring (bicyclic) bond motifs is 1. The standard InChI is InChI=1S/C36H37F4N5O4/c1-24-11-15-43(16-12-24)14-5-19-48-34-22-29-26(21-33(34)47-2)31(10-13-41-29)49-32-9-8-25(20-28(32)37)42-35(46)45-18-17-44(23-45)30-7-4-3-6-27(30)36(38,39)40/h3-4,6-10,13,17-18,20-22,24H,5,11-12,14-16,19,23H2,1-2H3,(H,42,46). The van der Waals surface area contributed by atoms with E-state index in [-0.39, 0.29) is 23.8 Å². The first-order valence-electron chi connectivity index (χ1n) is 16.1. The fourth-order valence-corrected chi connectivity index (χ4v) is 5.89. The number of amides is 2. The van der Waals surface area contributed by atoms with Crippen molar-refractivity contribution in [3.05, 3.63) is 90.6 Å². The van der Waals surface area contributed by atoms with Gasteiger partial charge in [-0.3, -0.25) is 9.88 Å². The first-order valence-corrected chi connectivity index (χ1v) is 16.1. The molecule has 13 heteroatoms. The molecule has 3 aromatic carbocycles. The summed E-state index contributed by atoms with van der Waals surface area (Å²) in [6, 6.07) is 13.5. The molecular formula is C36H37F4N5O4. The second kappa shape index (κ2) is 14.6. The van der Waals surface area contributed by atoms with Crippen LogP contribution in [0.4, 0.5) is 33.7 Å². The summed E-state index contributed by atoms with van der Waals surface area (Å²) < 4.78 is 73.3. The van der Waals surface area contributed by atoms with Crippen molar-refractivity contribution in [2.24, 2.45) is 5.92 Å². The summed E-state index contributed by atoms with van der Waals surface area (Å²) in [7, 11) is 1.55. The molecular weight excluding hydrogens is 642 g/mol. The van der Waals surface area contributed by atoms with Crippen LogP contribution in [-0.4, -0.2) is 60.8 Å². The average molecular weight is 680 g/mol. The van der Waals surface area contributed by atoms with Crippen molar-refractivity contribution >= 4 is 28.3 Å². The van der Waals surface area contributed by atoms with Crippen molar-refractivity contribution < 1.29 is 36.6 Å². The molecule has 0 atom stereocenters. The Morgan fingerprint density at radius 1 is 0.980 bits per heavy atom. The second-order valence-electron chi connectivity index (χ2n) is 12.1. The van der Waals surface area contributed by atoms with Crippen LogP contribution >= 0.6 is 0 Å². The highest BCUT2D eigenvalue weighted by atomic mass is 19.4. The number of halogens is 4. The van der Waals surface area contributed by atoms with Crippen LogP contribution in [0.25, 0.3) is 10.9 Å². The smallest absolute Gasteiger partial charge is 0.418 e. The highest BCUT2D eigenvalue weighted by molar-refractivity contribution is 5.91. The van der Waals surface area contributed by atoms with E-state index in [9.17, 15) is 18.0 Å². The molecule has 1 aromatic heterocycles. The normalized spacial score (nSPS) is 15.6. The van der Waals surface area contributed by atoms with Gasteiger partial charge in [0.2, 0.25) is 0 Å². The van der Waals surface area contributed by atoms with E-state index in [1.165, 1.54) is 65.4 Å². The Bertz CT molecular complexity index is 1830. The monoisotopic (exact) mass is 679 g/mol. The summed E-state index contributed by atoms with van der Waals surface area (Å²) in [5, 5.41) is 3.16. The molecule has 0 bridgehead atoms. The number of hydrogen-bond donors (Lipinski definition) is 1. The fourth-order valence-electron chi connectivity index (χ4n) is 5.89. The summed E-state index contributed by atoms with van der Waals surface area (Å²) >= 11 is 0. The number of aromatic nitrogens is 1. The van der Waals surface area contributed by atoms with Gasteiger partial charge < -0.3 is 29.3 Å². The number of benzene rings is 3. The molecule has 0 radical (unpaired) electrons. The number of para-hydroxylation sites is 1. The predicted molar refractivity (Wildman–Crippen MR) is 179 cm³/mol. The molecule has 2 amide bonds. The SMILES string of the molecule is COc1cc2c(Oc3ccc(NC(=O)N4C=CN(c5ccccc5C(F)(F)F)C4)cc3F)ccnc2cc1OCCCN1CCC(C)CC1. The Morgan fingerprint density at radius 3 is 2.53 bits per heavy atom. The number of rotatable bonds is 10. The molecule has 0 aliphatic carbocycles. The molecule has 1 N–H and O–H groups in total. The van der Waals surface area contributed by atoms with Crippen molar-refractivity contribution in [2.75, 3.05) is 50.2 Å². The highest BCUT2D eigenvalue weighted by Crippen LogP contribution is 2.39. The van der Waals surface area contributed by atoms with Gasteiger partial charge in [-0.15, -0.1) is 0 Å². The zero-order valence-corrected chi connectivity index (χ0v) is 27.2. The van der Waals surface area contributed by atoms with Crippen molar-refractivity contribution in [2.45, 2.75) is 32.4 Å².